The maximum Gasteiger partial charge on any atom is 0.328 e. The van der Waals surface area contributed by atoms with Crippen molar-refractivity contribution >= 4 is 11.9 Å². The SMILES string of the molecule is CCOC(=O)C1CCCCN1C(=O)CNC. The largest absolute Gasteiger partial charge is 0.464 e. The molecule has 0 aromatic rings. The van der Waals surface area contributed by atoms with Gasteiger partial charge in [-0.2, -0.15) is 0 Å². The van der Waals surface area contributed by atoms with Crippen molar-refractivity contribution in [3.8, 4) is 0 Å². The highest BCUT2D eigenvalue weighted by molar-refractivity contribution is 5.85. The summed E-state index contributed by atoms with van der Waals surface area (Å²) < 4.78 is 4.99. The molecule has 1 heterocycles. The third-order valence-corrected chi connectivity index (χ3v) is 2.71. The van der Waals surface area contributed by atoms with Crippen molar-refractivity contribution in [2.45, 2.75) is 32.2 Å². The fourth-order valence-corrected chi connectivity index (χ4v) is 1.97. The number of esters is 1. The van der Waals surface area contributed by atoms with Crippen molar-refractivity contribution in [2.75, 3.05) is 26.7 Å². The second-order valence-corrected chi connectivity index (χ2v) is 3.88. The highest BCUT2D eigenvalue weighted by Crippen LogP contribution is 2.18. The van der Waals surface area contributed by atoms with Crippen LogP contribution in [0.15, 0.2) is 0 Å². The van der Waals surface area contributed by atoms with Gasteiger partial charge in [0, 0.05) is 6.54 Å². The van der Waals surface area contributed by atoms with Crippen LogP contribution in [0.25, 0.3) is 0 Å². The number of hydrogen-bond acceptors (Lipinski definition) is 4. The fourth-order valence-electron chi connectivity index (χ4n) is 1.97. The Labute approximate surface area is 96.1 Å². The topological polar surface area (TPSA) is 58.6 Å². The molecule has 1 rings (SSSR count). The average Bonchev–Trinajstić information content (AvgIpc) is 2.30. The Morgan fingerprint density at radius 3 is 2.81 bits per heavy atom. The van der Waals surface area contributed by atoms with Crippen LogP contribution in [0, 0.1) is 0 Å². The summed E-state index contributed by atoms with van der Waals surface area (Å²) in [4.78, 5) is 25.1. The van der Waals surface area contributed by atoms with Gasteiger partial charge in [-0.1, -0.05) is 0 Å². The number of likely N-dealkylation sites (N-methyl/N-ethyl adjacent to an activating group) is 1. The first-order chi connectivity index (χ1) is 7.70. The highest BCUT2D eigenvalue weighted by atomic mass is 16.5. The lowest BCUT2D eigenvalue weighted by atomic mass is 10.0. The number of nitrogens with one attached hydrogen (secondary N) is 1. The molecule has 0 spiro atoms. The lowest BCUT2D eigenvalue weighted by Gasteiger charge is -2.34. The van der Waals surface area contributed by atoms with E-state index in [1.165, 1.54) is 0 Å². The van der Waals surface area contributed by atoms with Crippen LogP contribution in [-0.4, -0.2) is 49.6 Å². The molecule has 1 unspecified atom stereocenters. The number of amides is 1. The van der Waals surface area contributed by atoms with E-state index in [4.69, 9.17) is 4.74 Å². The number of ether oxygens (including phenoxy) is 1. The predicted octanol–water partition coefficient (Wildman–Crippen LogP) is 0.150. The van der Waals surface area contributed by atoms with Crippen LogP contribution >= 0.6 is 0 Å². The molecular weight excluding hydrogens is 208 g/mol. The van der Waals surface area contributed by atoms with Gasteiger partial charge in [0.05, 0.1) is 13.2 Å². The van der Waals surface area contributed by atoms with Gasteiger partial charge in [0.25, 0.3) is 0 Å². The van der Waals surface area contributed by atoms with Crippen molar-refractivity contribution in [3.05, 3.63) is 0 Å². The third-order valence-electron chi connectivity index (χ3n) is 2.71. The monoisotopic (exact) mass is 228 g/mol. The Morgan fingerprint density at radius 1 is 1.44 bits per heavy atom. The molecule has 0 radical (unpaired) electrons. The van der Waals surface area contributed by atoms with Gasteiger partial charge in [0.15, 0.2) is 0 Å². The van der Waals surface area contributed by atoms with Crippen LogP contribution in [-0.2, 0) is 14.3 Å². The van der Waals surface area contributed by atoms with E-state index in [9.17, 15) is 9.59 Å². The molecule has 0 aliphatic carbocycles. The zero-order valence-corrected chi connectivity index (χ0v) is 9.99. The Morgan fingerprint density at radius 2 is 2.19 bits per heavy atom. The Bertz CT molecular complexity index is 230. The number of nitrogens with zero attached hydrogens (tertiary/aromatic N) is 1. The molecule has 1 saturated heterocycles. The minimum atomic E-state index is -0.380. The molecule has 16 heavy (non-hydrogen) atoms. The Hall–Kier alpha value is -1.10. The van der Waals surface area contributed by atoms with Crippen LogP contribution in [0.5, 0.6) is 0 Å². The molecule has 1 aliphatic heterocycles. The van der Waals surface area contributed by atoms with Gasteiger partial charge in [0.2, 0.25) is 5.91 Å². The van der Waals surface area contributed by atoms with E-state index >= 15 is 0 Å². The smallest absolute Gasteiger partial charge is 0.328 e. The standard InChI is InChI=1S/C11H20N2O3/c1-3-16-11(15)9-6-4-5-7-13(9)10(14)8-12-2/h9,12H,3-8H2,1-2H3. The van der Waals surface area contributed by atoms with Crippen molar-refractivity contribution in [1.82, 2.24) is 10.2 Å². The number of carbonyl (C=O) groups is 2. The third kappa shape index (κ3) is 3.20. The number of piperidine rings is 1. The van der Waals surface area contributed by atoms with Gasteiger partial charge in [-0.3, -0.25) is 4.79 Å². The summed E-state index contributed by atoms with van der Waals surface area (Å²) in [6, 6.07) is -0.380. The molecule has 0 aromatic carbocycles. The first-order valence-corrected chi connectivity index (χ1v) is 5.81. The molecule has 1 N–H and O–H groups in total. The highest BCUT2D eigenvalue weighted by Gasteiger charge is 2.32. The maximum atomic E-state index is 11.8. The van der Waals surface area contributed by atoms with Crippen molar-refractivity contribution in [3.63, 3.8) is 0 Å². The van der Waals surface area contributed by atoms with E-state index in [0.717, 1.165) is 12.8 Å². The number of likely N-dealkylation sites (tertiary alicyclic amines) is 1. The Kier molecular flexibility index (Phi) is 5.25. The van der Waals surface area contributed by atoms with Gasteiger partial charge in [-0.15, -0.1) is 0 Å². The molecule has 1 amide bonds. The van der Waals surface area contributed by atoms with Crippen LogP contribution in [0.4, 0.5) is 0 Å². The summed E-state index contributed by atoms with van der Waals surface area (Å²) >= 11 is 0. The van der Waals surface area contributed by atoms with Crippen molar-refractivity contribution in [1.29, 1.82) is 0 Å². The molecule has 0 saturated carbocycles. The summed E-state index contributed by atoms with van der Waals surface area (Å²) in [6.07, 6.45) is 2.66. The van der Waals surface area contributed by atoms with E-state index in [-0.39, 0.29) is 24.5 Å². The molecule has 0 aromatic heterocycles. The van der Waals surface area contributed by atoms with Gasteiger partial charge in [0.1, 0.15) is 6.04 Å². The summed E-state index contributed by atoms with van der Waals surface area (Å²) in [5.74, 6) is -0.299. The average molecular weight is 228 g/mol. The first-order valence-electron chi connectivity index (χ1n) is 5.81. The lowest BCUT2D eigenvalue weighted by molar-refractivity contribution is -0.156. The molecule has 92 valence electrons. The normalized spacial score (nSPS) is 20.6. The zero-order chi connectivity index (χ0) is 12.0. The zero-order valence-electron chi connectivity index (χ0n) is 9.99. The van der Waals surface area contributed by atoms with Crippen LogP contribution in [0.3, 0.4) is 0 Å². The second kappa shape index (κ2) is 6.48. The molecule has 1 aliphatic rings. The van der Waals surface area contributed by atoms with E-state index in [0.29, 0.717) is 19.6 Å². The summed E-state index contributed by atoms with van der Waals surface area (Å²) in [5, 5.41) is 2.81. The second-order valence-electron chi connectivity index (χ2n) is 3.88. The Balaban J connectivity index is 2.63. The molecule has 5 nitrogen and oxygen atoms in total. The molecule has 5 heteroatoms. The molecule has 0 bridgehead atoms. The number of hydrogen-bond donors (Lipinski definition) is 1. The van der Waals surface area contributed by atoms with Gasteiger partial charge < -0.3 is 15.0 Å². The van der Waals surface area contributed by atoms with Gasteiger partial charge in [-0.05, 0) is 33.2 Å². The van der Waals surface area contributed by atoms with Crippen LogP contribution in [0.1, 0.15) is 26.2 Å². The van der Waals surface area contributed by atoms with E-state index in [1.54, 1.807) is 18.9 Å². The molecule has 1 fully saturated rings. The van der Waals surface area contributed by atoms with E-state index in [2.05, 4.69) is 5.32 Å². The molecule has 1 atom stereocenters. The summed E-state index contributed by atoms with van der Waals surface area (Å²) in [6.45, 7) is 3.07. The first kappa shape index (κ1) is 13.0. The lowest BCUT2D eigenvalue weighted by Crippen LogP contribution is -2.50. The van der Waals surface area contributed by atoms with E-state index < -0.39 is 0 Å². The van der Waals surface area contributed by atoms with Crippen molar-refractivity contribution < 1.29 is 14.3 Å². The van der Waals surface area contributed by atoms with Crippen LogP contribution in [0.2, 0.25) is 0 Å². The van der Waals surface area contributed by atoms with Gasteiger partial charge in [-0.25, -0.2) is 4.79 Å². The van der Waals surface area contributed by atoms with Crippen LogP contribution < -0.4 is 5.32 Å². The fraction of sp³-hybridized carbons (Fsp3) is 0.818. The van der Waals surface area contributed by atoms with Gasteiger partial charge >= 0.3 is 5.97 Å². The molecular formula is C11H20N2O3. The quantitative estimate of drug-likeness (QED) is 0.696. The summed E-state index contributed by atoms with van der Waals surface area (Å²) in [7, 11) is 1.72. The van der Waals surface area contributed by atoms with E-state index in [1.807, 2.05) is 0 Å². The predicted molar refractivity (Wildman–Crippen MR) is 59.9 cm³/mol. The number of rotatable bonds is 4. The minimum absolute atomic E-state index is 0.0275. The number of carbonyl (C=O) groups excluding carboxylic acids is 2. The maximum absolute atomic E-state index is 11.8. The summed E-state index contributed by atoms with van der Waals surface area (Å²) in [5.41, 5.74) is 0. The minimum Gasteiger partial charge on any atom is -0.464 e. The van der Waals surface area contributed by atoms with Crippen molar-refractivity contribution in [2.24, 2.45) is 0 Å².